The molecule has 2 aromatic carbocycles. The molecule has 0 radical (unpaired) electrons. The van der Waals surface area contributed by atoms with E-state index in [1.54, 1.807) is 24.3 Å². The summed E-state index contributed by atoms with van der Waals surface area (Å²) in [5, 5.41) is 9.50. The fourth-order valence-corrected chi connectivity index (χ4v) is 6.25. The van der Waals surface area contributed by atoms with Crippen LogP contribution in [0.15, 0.2) is 83.6 Å². The van der Waals surface area contributed by atoms with Gasteiger partial charge in [-0.2, -0.15) is 0 Å². The number of hydrogen-bond donors (Lipinski definition) is 2. The van der Waals surface area contributed by atoms with Crippen molar-refractivity contribution in [2.75, 3.05) is 6.67 Å². The summed E-state index contributed by atoms with van der Waals surface area (Å²) in [5.74, 6) is -1.29. The van der Waals surface area contributed by atoms with Crippen LogP contribution in [0.25, 0.3) is 20.4 Å². The van der Waals surface area contributed by atoms with Gasteiger partial charge >= 0.3 is 0 Å². The third-order valence-electron chi connectivity index (χ3n) is 6.52. The fraction of sp³-hybridized carbons (Fsp3) is 0.103. The van der Waals surface area contributed by atoms with Crippen molar-refractivity contribution in [3.63, 3.8) is 0 Å². The van der Waals surface area contributed by atoms with E-state index in [-0.39, 0.29) is 30.1 Å². The lowest BCUT2D eigenvalue weighted by Gasteiger charge is -2.13. The zero-order valence-electron chi connectivity index (χ0n) is 20.5. The molecule has 2 amide bonds. The number of hydrogen-bond acceptors (Lipinski definition) is 4. The van der Waals surface area contributed by atoms with E-state index in [2.05, 4.69) is 10.6 Å². The van der Waals surface area contributed by atoms with Crippen LogP contribution in [0.4, 0.5) is 8.78 Å². The maximum atomic E-state index is 13.4. The summed E-state index contributed by atoms with van der Waals surface area (Å²) in [6, 6.07) is 19.9. The Morgan fingerprint density at radius 2 is 1.05 bits per heavy atom. The Morgan fingerprint density at radius 3 is 1.46 bits per heavy atom. The minimum atomic E-state index is -0.330. The molecular formula is C29H22F2N4O2S2. The molecule has 4 aromatic heterocycles. The molecule has 0 spiro atoms. The van der Waals surface area contributed by atoms with E-state index >= 15 is 0 Å². The molecule has 10 heteroatoms. The van der Waals surface area contributed by atoms with Gasteiger partial charge in [-0.25, -0.2) is 8.78 Å². The molecule has 196 valence electrons. The van der Waals surface area contributed by atoms with Gasteiger partial charge in [0.25, 0.3) is 11.8 Å². The maximum Gasteiger partial charge on any atom is 0.269 e. The number of aromatic nitrogens is 2. The van der Waals surface area contributed by atoms with E-state index in [4.69, 9.17) is 0 Å². The third kappa shape index (κ3) is 5.08. The monoisotopic (exact) mass is 560 g/mol. The summed E-state index contributed by atoms with van der Waals surface area (Å²) >= 11 is 3.06. The van der Waals surface area contributed by atoms with Crippen LogP contribution in [-0.4, -0.2) is 27.6 Å². The van der Waals surface area contributed by atoms with Gasteiger partial charge in [0, 0.05) is 13.1 Å². The predicted molar refractivity (Wildman–Crippen MR) is 150 cm³/mol. The van der Waals surface area contributed by atoms with Gasteiger partial charge in [0.2, 0.25) is 0 Å². The number of halogens is 2. The van der Waals surface area contributed by atoms with Crippen LogP contribution in [0.1, 0.15) is 32.1 Å². The Hall–Kier alpha value is -4.28. The molecule has 0 atom stereocenters. The minimum absolute atomic E-state index is 0.0670. The number of fused-ring (bicyclic) bond motifs is 2. The molecule has 0 unspecified atom stereocenters. The first-order chi connectivity index (χ1) is 19.0. The van der Waals surface area contributed by atoms with Crippen molar-refractivity contribution in [1.29, 1.82) is 0 Å². The Balaban J connectivity index is 1.17. The summed E-state index contributed by atoms with van der Waals surface area (Å²) in [7, 11) is 0. The fourth-order valence-electron chi connectivity index (χ4n) is 4.60. The van der Waals surface area contributed by atoms with E-state index in [0.717, 1.165) is 31.6 Å². The molecular weight excluding hydrogens is 538 g/mol. The standard InChI is InChI=1S/C29H22F2N4O2S2/c30-20-5-1-18(2-6-20)15-34-22-9-11-38-26(22)13-24(34)28(36)32-17-33-29(37)25-14-27-23(10-12-39-27)35(25)16-19-3-7-21(31)8-4-19/h1-14H,15-17H2,(H,32,36)(H,33,37). The molecule has 0 saturated carbocycles. The van der Waals surface area contributed by atoms with E-state index in [9.17, 15) is 18.4 Å². The van der Waals surface area contributed by atoms with E-state index in [0.29, 0.717) is 24.5 Å². The Labute approximate surface area is 230 Å². The van der Waals surface area contributed by atoms with Gasteiger partial charge in [-0.3, -0.25) is 9.59 Å². The van der Waals surface area contributed by atoms with Gasteiger partial charge < -0.3 is 19.8 Å². The summed E-state index contributed by atoms with van der Waals surface area (Å²) in [4.78, 5) is 26.3. The Kier molecular flexibility index (Phi) is 6.72. The smallest absolute Gasteiger partial charge is 0.269 e. The van der Waals surface area contributed by atoms with Crippen LogP contribution in [-0.2, 0) is 13.1 Å². The van der Waals surface area contributed by atoms with Gasteiger partial charge in [0.05, 0.1) is 27.1 Å². The first-order valence-corrected chi connectivity index (χ1v) is 13.9. The van der Waals surface area contributed by atoms with E-state index in [1.807, 2.05) is 44.2 Å². The lowest BCUT2D eigenvalue weighted by molar-refractivity contribution is 0.0911. The summed E-state index contributed by atoms with van der Waals surface area (Å²) in [6.07, 6.45) is 0. The first kappa shape index (κ1) is 25.0. The average Bonchev–Trinajstić information content (AvgIpc) is 3.70. The van der Waals surface area contributed by atoms with Gasteiger partial charge in [0.15, 0.2) is 0 Å². The van der Waals surface area contributed by atoms with Crippen molar-refractivity contribution in [1.82, 2.24) is 19.8 Å². The largest absolute Gasteiger partial charge is 0.333 e. The highest BCUT2D eigenvalue weighted by Crippen LogP contribution is 2.27. The second-order valence-electron chi connectivity index (χ2n) is 9.01. The number of carbonyl (C=O) groups is 2. The number of nitrogens with zero attached hydrogens (tertiary/aromatic N) is 2. The highest BCUT2D eigenvalue weighted by atomic mass is 32.1. The van der Waals surface area contributed by atoms with E-state index < -0.39 is 0 Å². The quantitative estimate of drug-likeness (QED) is 0.217. The molecule has 0 saturated heterocycles. The lowest BCUT2D eigenvalue weighted by Crippen LogP contribution is -2.38. The molecule has 4 heterocycles. The second kappa shape index (κ2) is 10.5. The molecule has 0 aliphatic heterocycles. The number of benzene rings is 2. The average molecular weight is 561 g/mol. The Bertz CT molecular complexity index is 1660. The third-order valence-corrected chi connectivity index (χ3v) is 8.22. The number of rotatable bonds is 8. The zero-order valence-corrected chi connectivity index (χ0v) is 22.1. The molecule has 39 heavy (non-hydrogen) atoms. The number of carbonyl (C=O) groups excluding carboxylic acids is 2. The SMILES string of the molecule is O=C(NCNC(=O)c1cc2sccc2n1Cc1ccc(F)cc1)c1cc2sccc2n1Cc1ccc(F)cc1. The summed E-state index contributed by atoms with van der Waals surface area (Å²) in [5.41, 5.74) is 4.47. The molecule has 0 aliphatic carbocycles. The predicted octanol–water partition coefficient (Wildman–Crippen LogP) is 6.21. The minimum Gasteiger partial charge on any atom is -0.333 e. The van der Waals surface area contributed by atoms with Gasteiger partial charge in [-0.15, -0.1) is 22.7 Å². The van der Waals surface area contributed by atoms with Crippen LogP contribution in [0.5, 0.6) is 0 Å². The van der Waals surface area contributed by atoms with Gasteiger partial charge in [-0.1, -0.05) is 24.3 Å². The first-order valence-electron chi connectivity index (χ1n) is 12.1. The summed E-state index contributed by atoms with van der Waals surface area (Å²) in [6.45, 7) is 0.745. The van der Waals surface area contributed by atoms with Crippen molar-refractivity contribution in [3.05, 3.63) is 118 Å². The number of amides is 2. The highest BCUT2D eigenvalue weighted by Gasteiger charge is 2.19. The number of nitrogens with one attached hydrogen (secondary N) is 2. The van der Waals surface area contributed by atoms with Crippen LogP contribution in [0.3, 0.4) is 0 Å². The molecule has 2 N–H and O–H groups in total. The molecule has 6 nitrogen and oxygen atoms in total. The normalized spacial score (nSPS) is 11.3. The molecule has 6 aromatic rings. The van der Waals surface area contributed by atoms with Crippen molar-refractivity contribution >= 4 is 54.9 Å². The topological polar surface area (TPSA) is 68.1 Å². The van der Waals surface area contributed by atoms with Crippen LogP contribution < -0.4 is 10.6 Å². The lowest BCUT2D eigenvalue weighted by atomic mass is 10.2. The van der Waals surface area contributed by atoms with Gasteiger partial charge in [0.1, 0.15) is 23.0 Å². The maximum absolute atomic E-state index is 13.4. The van der Waals surface area contributed by atoms with Crippen molar-refractivity contribution in [2.24, 2.45) is 0 Å². The molecule has 0 bridgehead atoms. The summed E-state index contributed by atoms with van der Waals surface area (Å²) < 4.78 is 32.5. The zero-order chi connectivity index (χ0) is 26.9. The molecule has 0 fully saturated rings. The highest BCUT2D eigenvalue weighted by molar-refractivity contribution is 7.17. The van der Waals surface area contributed by atoms with Crippen molar-refractivity contribution < 1.29 is 18.4 Å². The van der Waals surface area contributed by atoms with Crippen LogP contribution in [0.2, 0.25) is 0 Å². The van der Waals surface area contributed by atoms with E-state index in [1.165, 1.54) is 46.9 Å². The van der Waals surface area contributed by atoms with Crippen molar-refractivity contribution in [3.8, 4) is 0 Å². The molecule has 0 aliphatic rings. The van der Waals surface area contributed by atoms with Crippen molar-refractivity contribution in [2.45, 2.75) is 13.1 Å². The Morgan fingerprint density at radius 1 is 0.641 bits per heavy atom. The van der Waals surface area contributed by atoms with Gasteiger partial charge in [-0.05, 0) is 70.4 Å². The van der Waals surface area contributed by atoms with Crippen LogP contribution in [0, 0.1) is 11.6 Å². The number of thiophene rings is 2. The van der Waals surface area contributed by atoms with Crippen LogP contribution >= 0.6 is 22.7 Å². The molecule has 6 rings (SSSR count). The second-order valence-corrected chi connectivity index (χ2v) is 10.9.